The predicted octanol–water partition coefficient (Wildman–Crippen LogP) is 3.92. The number of amides is 2. The summed E-state index contributed by atoms with van der Waals surface area (Å²) in [6.07, 6.45) is 4.37. The molecule has 0 unspecified atom stereocenters. The first-order valence-electron chi connectivity index (χ1n) is 11.3. The minimum absolute atomic E-state index is 0.000724. The number of rotatable bonds is 6. The van der Waals surface area contributed by atoms with Crippen LogP contribution in [0.5, 0.6) is 0 Å². The van der Waals surface area contributed by atoms with Crippen molar-refractivity contribution in [2.45, 2.75) is 17.9 Å². The van der Waals surface area contributed by atoms with Gasteiger partial charge in [-0.25, -0.2) is 19.0 Å². The van der Waals surface area contributed by atoms with Gasteiger partial charge in [0.15, 0.2) is 5.65 Å². The van der Waals surface area contributed by atoms with Crippen LogP contribution in [0.15, 0.2) is 72.1 Å². The number of thioether (sulfide) groups is 1. The molecule has 5 rings (SSSR count). The maximum atomic E-state index is 13.3. The van der Waals surface area contributed by atoms with Crippen molar-refractivity contribution in [3.05, 3.63) is 72.9 Å². The number of likely N-dealkylation sites (tertiary alicyclic amines) is 1. The van der Waals surface area contributed by atoms with Crippen LogP contribution in [-0.2, 0) is 9.59 Å². The minimum atomic E-state index is -0.324. The van der Waals surface area contributed by atoms with E-state index in [1.165, 1.54) is 30.2 Å². The van der Waals surface area contributed by atoms with Gasteiger partial charge < -0.3 is 10.2 Å². The molecule has 0 radical (unpaired) electrons. The third-order valence-corrected chi connectivity index (χ3v) is 6.98. The van der Waals surface area contributed by atoms with Crippen LogP contribution in [0.2, 0.25) is 0 Å². The Morgan fingerprint density at radius 2 is 1.77 bits per heavy atom. The molecule has 4 aromatic rings. The molecule has 2 aromatic heterocycles. The first-order chi connectivity index (χ1) is 17.1. The number of piperidine rings is 1. The van der Waals surface area contributed by atoms with Crippen molar-refractivity contribution in [1.82, 2.24) is 24.6 Å². The highest BCUT2D eigenvalue weighted by Gasteiger charge is 2.27. The minimum Gasteiger partial charge on any atom is -0.342 e. The van der Waals surface area contributed by atoms with Gasteiger partial charge in [-0.15, -0.1) is 0 Å². The number of fused-ring (bicyclic) bond motifs is 1. The molecule has 0 atom stereocenters. The standard InChI is InChI=1S/C25H23FN6O2S/c26-18-6-8-20(9-7-18)32-23-21(14-29-32)25(28-16-27-23)35-15-22(33)31-12-10-17(11-13-31)24(34)30-19-4-2-1-3-5-19/h1-9,14,16-17H,10-13,15H2,(H,30,34). The van der Waals surface area contributed by atoms with Gasteiger partial charge >= 0.3 is 0 Å². The Morgan fingerprint density at radius 3 is 2.51 bits per heavy atom. The average Bonchev–Trinajstić information content (AvgIpc) is 3.33. The lowest BCUT2D eigenvalue weighted by atomic mass is 9.96. The highest BCUT2D eigenvalue weighted by atomic mass is 32.2. The average molecular weight is 491 g/mol. The number of aromatic nitrogens is 4. The molecule has 1 fully saturated rings. The van der Waals surface area contributed by atoms with Gasteiger partial charge in [-0.1, -0.05) is 30.0 Å². The van der Waals surface area contributed by atoms with E-state index in [1.54, 1.807) is 27.9 Å². The van der Waals surface area contributed by atoms with Crippen LogP contribution in [-0.4, -0.2) is 55.3 Å². The number of halogens is 1. The van der Waals surface area contributed by atoms with Crippen LogP contribution in [0.25, 0.3) is 16.7 Å². The predicted molar refractivity (Wildman–Crippen MR) is 132 cm³/mol. The van der Waals surface area contributed by atoms with Crippen molar-refractivity contribution >= 4 is 40.3 Å². The van der Waals surface area contributed by atoms with Gasteiger partial charge in [-0.05, 0) is 49.2 Å². The molecule has 1 aliphatic rings. The van der Waals surface area contributed by atoms with Crippen molar-refractivity contribution in [1.29, 1.82) is 0 Å². The smallest absolute Gasteiger partial charge is 0.232 e. The second-order valence-corrected chi connectivity index (χ2v) is 9.21. The molecule has 1 N–H and O–H groups in total. The summed E-state index contributed by atoms with van der Waals surface area (Å²) in [5, 5.41) is 8.71. The van der Waals surface area contributed by atoms with Crippen LogP contribution in [0.4, 0.5) is 10.1 Å². The topological polar surface area (TPSA) is 93.0 Å². The van der Waals surface area contributed by atoms with Crippen LogP contribution >= 0.6 is 11.8 Å². The molecule has 2 aromatic carbocycles. The Bertz CT molecular complexity index is 1340. The van der Waals surface area contributed by atoms with Crippen molar-refractivity contribution in [3.63, 3.8) is 0 Å². The molecule has 35 heavy (non-hydrogen) atoms. The van der Waals surface area contributed by atoms with Gasteiger partial charge in [0.25, 0.3) is 0 Å². The molecule has 8 nitrogen and oxygen atoms in total. The fraction of sp³-hybridized carbons (Fsp3) is 0.240. The number of hydrogen-bond acceptors (Lipinski definition) is 6. The Balaban J connectivity index is 1.18. The van der Waals surface area contributed by atoms with Gasteiger partial charge in [0.05, 0.1) is 23.0 Å². The van der Waals surface area contributed by atoms with Crippen molar-refractivity contribution in [2.24, 2.45) is 5.92 Å². The maximum absolute atomic E-state index is 13.3. The summed E-state index contributed by atoms with van der Waals surface area (Å²) in [5.41, 5.74) is 2.06. The summed E-state index contributed by atoms with van der Waals surface area (Å²) >= 11 is 1.34. The van der Waals surface area contributed by atoms with Crippen LogP contribution in [0.3, 0.4) is 0 Å². The Kier molecular flexibility index (Phi) is 6.71. The summed E-state index contributed by atoms with van der Waals surface area (Å²) in [7, 11) is 0. The van der Waals surface area contributed by atoms with Crippen LogP contribution < -0.4 is 5.32 Å². The number of carbonyl (C=O) groups excluding carboxylic acids is 2. The number of benzene rings is 2. The Labute approximate surface area is 205 Å². The van der Waals surface area contributed by atoms with E-state index in [0.29, 0.717) is 42.3 Å². The molecule has 1 aliphatic heterocycles. The van der Waals surface area contributed by atoms with Crippen molar-refractivity contribution in [3.8, 4) is 5.69 Å². The number of para-hydroxylation sites is 1. The molecule has 0 bridgehead atoms. The van der Waals surface area contributed by atoms with Gasteiger partial charge in [0, 0.05) is 24.7 Å². The normalized spacial score (nSPS) is 14.3. The third-order valence-electron chi connectivity index (χ3n) is 5.99. The van der Waals surface area contributed by atoms with E-state index < -0.39 is 0 Å². The Morgan fingerprint density at radius 1 is 1.03 bits per heavy atom. The highest BCUT2D eigenvalue weighted by Crippen LogP contribution is 2.27. The van der Waals surface area contributed by atoms with Gasteiger partial charge in [0.1, 0.15) is 17.2 Å². The third kappa shape index (κ3) is 5.17. The van der Waals surface area contributed by atoms with Gasteiger partial charge in [-0.3, -0.25) is 9.59 Å². The summed E-state index contributed by atoms with van der Waals surface area (Å²) in [4.78, 5) is 35.8. The molecule has 3 heterocycles. The molecule has 0 aliphatic carbocycles. The quantitative estimate of drug-likeness (QED) is 0.325. The van der Waals surface area contributed by atoms with E-state index in [0.717, 1.165) is 11.1 Å². The zero-order chi connectivity index (χ0) is 24.2. The number of carbonyl (C=O) groups is 2. The van der Waals surface area contributed by atoms with Gasteiger partial charge in [-0.2, -0.15) is 5.10 Å². The number of anilines is 1. The highest BCUT2D eigenvalue weighted by molar-refractivity contribution is 8.00. The second kappa shape index (κ2) is 10.2. The van der Waals surface area contributed by atoms with Crippen LogP contribution in [0.1, 0.15) is 12.8 Å². The fourth-order valence-corrected chi connectivity index (χ4v) is 4.95. The fourth-order valence-electron chi connectivity index (χ4n) is 4.09. The summed E-state index contributed by atoms with van der Waals surface area (Å²) < 4.78 is 14.9. The largest absolute Gasteiger partial charge is 0.342 e. The van der Waals surface area contributed by atoms with E-state index in [9.17, 15) is 14.0 Å². The number of nitrogens with one attached hydrogen (secondary N) is 1. The summed E-state index contributed by atoms with van der Waals surface area (Å²) in [6.45, 7) is 1.10. The van der Waals surface area contributed by atoms with E-state index in [2.05, 4.69) is 20.4 Å². The molecular weight excluding hydrogens is 467 g/mol. The lowest BCUT2D eigenvalue weighted by Crippen LogP contribution is -2.42. The number of hydrogen-bond donors (Lipinski definition) is 1. The molecule has 10 heteroatoms. The van der Waals surface area contributed by atoms with Crippen molar-refractivity contribution in [2.75, 3.05) is 24.2 Å². The number of nitrogens with zero attached hydrogens (tertiary/aromatic N) is 5. The first-order valence-corrected chi connectivity index (χ1v) is 12.3. The molecule has 0 saturated carbocycles. The molecule has 178 valence electrons. The van der Waals surface area contributed by atoms with E-state index in [-0.39, 0.29) is 29.3 Å². The van der Waals surface area contributed by atoms with E-state index in [1.807, 2.05) is 30.3 Å². The zero-order valence-electron chi connectivity index (χ0n) is 18.8. The maximum Gasteiger partial charge on any atom is 0.232 e. The SMILES string of the molecule is O=C(Nc1ccccc1)C1CCN(C(=O)CSc2ncnc3c2cnn3-c2ccc(F)cc2)CC1. The second-order valence-electron chi connectivity index (χ2n) is 8.25. The molecule has 0 spiro atoms. The van der Waals surface area contributed by atoms with Crippen LogP contribution in [0, 0.1) is 11.7 Å². The monoisotopic (exact) mass is 490 g/mol. The molecule has 1 saturated heterocycles. The molecular formula is C25H23FN6O2S. The van der Waals surface area contributed by atoms with E-state index in [4.69, 9.17) is 0 Å². The Hall–Kier alpha value is -3.79. The summed E-state index contributed by atoms with van der Waals surface area (Å²) in [6, 6.07) is 15.4. The lowest BCUT2D eigenvalue weighted by molar-refractivity contribution is -0.132. The van der Waals surface area contributed by atoms with E-state index >= 15 is 0 Å². The summed E-state index contributed by atoms with van der Waals surface area (Å²) in [5.74, 6) is -0.190. The first kappa shape index (κ1) is 23.0. The zero-order valence-corrected chi connectivity index (χ0v) is 19.6. The van der Waals surface area contributed by atoms with Gasteiger partial charge in [0.2, 0.25) is 11.8 Å². The van der Waals surface area contributed by atoms with Crippen molar-refractivity contribution < 1.29 is 14.0 Å². The lowest BCUT2D eigenvalue weighted by Gasteiger charge is -2.31. The molecule has 2 amide bonds.